The van der Waals surface area contributed by atoms with Crippen LogP contribution in [0.25, 0.3) is 0 Å². The maximum atomic E-state index is 4.76. The van der Waals surface area contributed by atoms with Crippen LogP contribution >= 0.6 is 46.4 Å². The van der Waals surface area contributed by atoms with Crippen molar-refractivity contribution in [1.82, 2.24) is 27.4 Å². The first-order valence-electron chi connectivity index (χ1n) is 32.5. The summed E-state index contributed by atoms with van der Waals surface area (Å²) in [5.41, 5.74) is 10.7. The Hall–Kier alpha value is -6.93. The van der Waals surface area contributed by atoms with E-state index in [1.165, 1.54) is 43.7 Å². The molecule has 103 heavy (non-hydrogen) atoms. The van der Waals surface area contributed by atoms with Crippen LogP contribution in [-0.2, 0) is 172 Å². The summed E-state index contributed by atoms with van der Waals surface area (Å²) in [7, 11) is 11.8. The fraction of sp³-hybridized carbons (Fsp3) is 0.175. The first-order chi connectivity index (χ1) is 47.9. The SMILES string of the molecule is C[n+]1[c-]n(CCn2[c-][n+](C)cc2)cc1.ClCCl.ClCCl.Cn1[c-][n+](CC[n+]2[c-]n(C)cc2)cc1.Cn1[c-][n+](CCn2[c-][n+](C)cc2)cc1.[Pt+2].[Pt+2].[Pt+2].[S-2].[S-2].c1ccc([B-](c2ccccc2)(c2ccccc2)c2ccccc2)cc1.c1ccc([B-](c2ccccc2)(c2ccccc2)c2ccccc2)cc1. The Morgan fingerprint density at radius 2 is 0.456 bits per heavy atom. The average Bonchev–Trinajstić information content (AvgIpc) is 1.72. The number of hydrogen-bond acceptors (Lipinski definition) is 0. The summed E-state index contributed by atoms with van der Waals surface area (Å²) in [4.78, 5) is 0. The largest absolute Gasteiger partial charge is 2.00 e. The third kappa shape index (κ3) is 27.2. The number of rotatable bonds is 17. The molecule has 0 aliphatic carbocycles. The van der Waals surface area contributed by atoms with Gasteiger partial charge in [0.1, 0.15) is 51.6 Å². The van der Waals surface area contributed by atoms with Gasteiger partial charge in [-0.3, -0.25) is 0 Å². The molecule has 12 nitrogen and oxygen atoms in total. The number of benzene rings is 8. The molecule has 542 valence electrons. The normalized spacial score (nSPS) is 10.2. The summed E-state index contributed by atoms with van der Waals surface area (Å²) in [6.07, 6.45) is 40.5. The molecule has 0 aliphatic heterocycles. The average molecular weight is 2030 g/mol. The minimum absolute atomic E-state index is 0. The van der Waals surface area contributed by atoms with Gasteiger partial charge < -0.3 is 81.8 Å². The van der Waals surface area contributed by atoms with Crippen molar-refractivity contribution < 1.29 is 90.6 Å². The van der Waals surface area contributed by atoms with Crippen LogP contribution in [0.2, 0.25) is 0 Å². The van der Waals surface area contributed by atoms with Gasteiger partial charge in [-0.1, -0.05) is 243 Å². The van der Waals surface area contributed by atoms with Crippen molar-refractivity contribution in [2.24, 2.45) is 42.3 Å². The van der Waals surface area contributed by atoms with Crippen LogP contribution in [-0.4, -0.2) is 50.4 Å². The Labute approximate surface area is 687 Å². The first kappa shape index (κ1) is 90.3. The zero-order valence-corrected chi connectivity index (χ0v) is 70.0. The molecule has 23 heteroatoms. The van der Waals surface area contributed by atoms with E-state index in [2.05, 4.69) is 281 Å². The minimum atomic E-state index is -1.22. The Bertz CT molecular complexity index is 3650. The maximum Gasteiger partial charge on any atom is 2.00 e. The van der Waals surface area contributed by atoms with Gasteiger partial charge in [-0.2, -0.15) is 43.7 Å². The quantitative estimate of drug-likeness (QED) is 0.0424. The molecule has 6 aromatic heterocycles. The van der Waals surface area contributed by atoms with Gasteiger partial charge in [0.15, 0.2) is 0 Å². The van der Waals surface area contributed by atoms with Crippen molar-refractivity contribution in [3.8, 4) is 0 Å². The molecule has 8 aromatic carbocycles. The second-order valence-corrected chi connectivity index (χ2v) is 25.1. The summed E-state index contributed by atoms with van der Waals surface area (Å²) < 4.78 is 23.7. The van der Waals surface area contributed by atoms with Gasteiger partial charge in [-0.05, 0) is 74.4 Å². The van der Waals surface area contributed by atoms with E-state index < -0.39 is 12.3 Å². The van der Waals surface area contributed by atoms with Gasteiger partial charge in [0.05, 0.1) is 53.0 Å². The van der Waals surface area contributed by atoms with Crippen LogP contribution in [0.15, 0.2) is 317 Å². The number of aryl methyl sites for hydroxylation is 12. The third-order valence-corrected chi connectivity index (χ3v) is 16.7. The number of halogens is 4. The molecule has 0 fully saturated rings. The second-order valence-electron chi connectivity index (χ2n) is 23.4. The van der Waals surface area contributed by atoms with Crippen LogP contribution in [0, 0.1) is 38.0 Å². The van der Waals surface area contributed by atoms with Crippen LogP contribution in [0.1, 0.15) is 0 Å². The van der Waals surface area contributed by atoms with Crippen LogP contribution in [0.5, 0.6) is 0 Å². The topological polar surface area (TPSA) is 52.9 Å². The van der Waals surface area contributed by atoms with Gasteiger partial charge in [-0.25, -0.2) is 0 Å². The van der Waals surface area contributed by atoms with Gasteiger partial charge in [0.2, 0.25) is 38.0 Å². The van der Waals surface area contributed by atoms with E-state index in [0.29, 0.717) is 0 Å². The second kappa shape index (κ2) is 49.0. The Morgan fingerprint density at radius 1 is 0.272 bits per heavy atom. The van der Waals surface area contributed by atoms with Crippen LogP contribution < -0.4 is 71.1 Å². The van der Waals surface area contributed by atoms with Crippen molar-refractivity contribution in [1.29, 1.82) is 0 Å². The molecule has 0 amide bonds. The molecule has 14 aromatic rings. The van der Waals surface area contributed by atoms with Crippen molar-refractivity contribution in [2.75, 3.05) is 10.7 Å². The number of hydrogen-bond donors (Lipinski definition) is 0. The first-order valence-corrected chi connectivity index (χ1v) is 34.7. The van der Waals surface area contributed by atoms with Gasteiger partial charge >= 0.3 is 63.2 Å². The standard InChI is InChI=1S/2C24H20B.3C10H14N4.2CH2Cl2.3Pt.2S/c2*1-5-13-21(14-6-1)25(22-15-7-2-8-16-22,23-17-9-3-10-18-23)24-19-11-4-12-20-24;3*1-11-3-5-13(9-11)7-8-14-6-4-12(2)10-14;2*2-1-3;;;;;/h2*1-20H;3*3-6H,7-8H2,1-2H3;2*1H2;;;;;/q2*-1;;;;;;3*+2;2*-2. The molecular weight excluding hydrogens is 1940 g/mol. The molecule has 0 atom stereocenters. The van der Waals surface area contributed by atoms with Gasteiger partial charge in [0.25, 0.3) is 0 Å². The molecule has 0 spiro atoms. The smallest absolute Gasteiger partial charge is 2.00 e. The molecule has 0 saturated carbocycles. The van der Waals surface area contributed by atoms with Gasteiger partial charge in [0, 0.05) is 0 Å². The Kier molecular flexibility index (Phi) is 42.9. The summed E-state index contributed by atoms with van der Waals surface area (Å²) in [6, 6.07) is 87.1. The van der Waals surface area contributed by atoms with E-state index in [1.807, 2.05) is 171 Å². The molecule has 0 saturated heterocycles. The summed E-state index contributed by atoms with van der Waals surface area (Å²) in [6.45, 7) is 5.54. The fourth-order valence-corrected chi connectivity index (χ4v) is 12.3. The van der Waals surface area contributed by atoms with E-state index >= 15 is 0 Å². The predicted octanol–water partition coefficient (Wildman–Crippen LogP) is 6.68. The molecule has 0 bridgehead atoms. The molecule has 0 radical (unpaired) electrons. The number of imidazole rings is 6. The summed E-state index contributed by atoms with van der Waals surface area (Å²) in [5.74, 6) is 0. The number of nitrogens with zero attached hydrogens (tertiary/aromatic N) is 12. The fourth-order valence-electron chi connectivity index (χ4n) is 12.3. The summed E-state index contributed by atoms with van der Waals surface area (Å²) in [5, 5.41) is 0.389. The zero-order chi connectivity index (χ0) is 69.2. The third-order valence-electron chi connectivity index (χ3n) is 16.7. The van der Waals surface area contributed by atoms with E-state index in [0.717, 1.165) is 39.3 Å². The van der Waals surface area contributed by atoms with E-state index in [4.69, 9.17) is 46.4 Å². The van der Waals surface area contributed by atoms with Crippen molar-refractivity contribution in [3.63, 3.8) is 0 Å². The number of alkyl halides is 4. The summed E-state index contributed by atoms with van der Waals surface area (Å²) >= 11 is 19.1. The minimum Gasteiger partial charge on any atom is -2.00 e. The van der Waals surface area contributed by atoms with Crippen molar-refractivity contribution >= 4 is 129 Å². The number of aromatic nitrogens is 12. The Balaban J connectivity index is 0.000000332. The van der Waals surface area contributed by atoms with Crippen molar-refractivity contribution in [3.05, 3.63) is 355 Å². The molecule has 6 heterocycles. The van der Waals surface area contributed by atoms with E-state index in [-0.39, 0.29) is 101 Å². The Morgan fingerprint density at radius 3 is 0.621 bits per heavy atom. The predicted molar refractivity (Wildman–Crippen MR) is 415 cm³/mol. The van der Waals surface area contributed by atoms with Crippen LogP contribution in [0.3, 0.4) is 0 Å². The van der Waals surface area contributed by atoms with Crippen LogP contribution in [0.4, 0.5) is 0 Å². The zero-order valence-electron chi connectivity index (χ0n) is 58.5. The molecule has 0 N–H and O–H groups in total. The molecule has 0 unspecified atom stereocenters. The van der Waals surface area contributed by atoms with E-state index in [9.17, 15) is 0 Å². The molecule has 0 aliphatic rings. The maximum absolute atomic E-state index is 4.76. The monoisotopic (exact) mass is 2030 g/mol. The molecule has 14 rings (SSSR count). The van der Waals surface area contributed by atoms with E-state index in [1.54, 1.807) is 0 Å². The van der Waals surface area contributed by atoms with Gasteiger partial charge in [-0.15, -0.1) is 46.4 Å². The molecular formula is C80H86B2Cl4N12Pt3S2. The van der Waals surface area contributed by atoms with Crippen molar-refractivity contribution in [2.45, 2.75) is 39.3 Å².